The highest BCUT2D eigenvalue weighted by atomic mass is 32.2. The van der Waals surface area contributed by atoms with Crippen LogP contribution in [0.3, 0.4) is 0 Å². The summed E-state index contributed by atoms with van der Waals surface area (Å²) in [4.78, 5) is 14.3. The van der Waals surface area contributed by atoms with E-state index in [0.29, 0.717) is 5.69 Å². The summed E-state index contributed by atoms with van der Waals surface area (Å²) in [6.07, 6.45) is 6.07. The summed E-state index contributed by atoms with van der Waals surface area (Å²) in [5.74, 6) is -0.626. The summed E-state index contributed by atoms with van der Waals surface area (Å²) in [5.41, 5.74) is 0.186. The molecule has 1 aromatic carbocycles. The van der Waals surface area contributed by atoms with Crippen molar-refractivity contribution < 1.29 is 27.6 Å². The SMILES string of the molecule is CC1(C)OB(c2cccc(NS(=O)(=O)CCN3C=CN(C(=O)CO)C=C3)c2)OC1(C)C. The number of nitrogens with zero attached hydrogens (tertiary/aromatic N) is 2. The molecule has 1 fully saturated rings. The van der Waals surface area contributed by atoms with Crippen LogP contribution < -0.4 is 10.2 Å². The summed E-state index contributed by atoms with van der Waals surface area (Å²) >= 11 is 0. The van der Waals surface area contributed by atoms with Crippen LogP contribution >= 0.6 is 0 Å². The molecule has 9 nitrogen and oxygen atoms in total. The van der Waals surface area contributed by atoms with E-state index < -0.39 is 40.9 Å². The first kappa shape index (κ1) is 23.3. The number of aliphatic hydroxyl groups is 1. The molecule has 0 spiro atoms. The largest absolute Gasteiger partial charge is 0.494 e. The van der Waals surface area contributed by atoms with Gasteiger partial charge in [0.25, 0.3) is 5.91 Å². The Kier molecular flexibility index (Phi) is 6.52. The lowest BCUT2D eigenvalue weighted by Crippen LogP contribution is -2.41. The Morgan fingerprint density at radius 3 is 2.29 bits per heavy atom. The lowest BCUT2D eigenvalue weighted by molar-refractivity contribution is -0.129. The number of rotatable bonds is 7. The normalized spacial score (nSPS) is 19.7. The second kappa shape index (κ2) is 8.66. The minimum Gasteiger partial charge on any atom is -0.399 e. The van der Waals surface area contributed by atoms with Crippen molar-refractivity contribution in [2.24, 2.45) is 0 Å². The van der Waals surface area contributed by atoms with Crippen molar-refractivity contribution in [3.8, 4) is 0 Å². The summed E-state index contributed by atoms with van der Waals surface area (Å²) in [7, 11) is -4.20. The molecule has 2 aliphatic rings. The van der Waals surface area contributed by atoms with Gasteiger partial charge in [-0.3, -0.25) is 14.4 Å². The number of benzene rings is 1. The van der Waals surface area contributed by atoms with E-state index in [1.165, 1.54) is 17.3 Å². The van der Waals surface area contributed by atoms with Crippen LogP contribution in [0, 0.1) is 0 Å². The van der Waals surface area contributed by atoms with Gasteiger partial charge in [-0.2, -0.15) is 0 Å². The van der Waals surface area contributed by atoms with Crippen LogP contribution in [0.2, 0.25) is 0 Å². The molecule has 0 unspecified atom stereocenters. The van der Waals surface area contributed by atoms with Crippen LogP contribution in [0.1, 0.15) is 27.7 Å². The molecule has 0 atom stereocenters. The van der Waals surface area contributed by atoms with E-state index in [0.717, 1.165) is 5.46 Å². The third kappa shape index (κ3) is 5.48. The third-order valence-electron chi connectivity index (χ3n) is 5.56. The minimum absolute atomic E-state index is 0.156. The molecule has 2 N–H and O–H groups in total. The second-order valence-corrected chi connectivity index (χ2v) is 10.3. The van der Waals surface area contributed by atoms with Crippen LogP contribution in [0.25, 0.3) is 0 Å². The van der Waals surface area contributed by atoms with Gasteiger partial charge < -0.3 is 19.3 Å². The summed E-state index contributed by atoms with van der Waals surface area (Å²) < 4.78 is 39.8. The fourth-order valence-electron chi connectivity index (χ4n) is 3.00. The highest BCUT2D eigenvalue weighted by Gasteiger charge is 2.51. The lowest BCUT2D eigenvalue weighted by Gasteiger charge is -2.32. The third-order valence-corrected chi connectivity index (χ3v) is 6.83. The molecule has 3 rings (SSSR count). The van der Waals surface area contributed by atoms with Gasteiger partial charge >= 0.3 is 7.12 Å². The molecule has 2 aliphatic heterocycles. The van der Waals surface area contributed by atoms with Crippen LogP contribution in [-0.2, 0) is 24.1 Å². The Morgan fingerprint density at radius 1 is 1.10 bits per heavy atom. The van der Waals surface area contributed by atoms with Gasteiger partial charge in [0.05, 0.1) is 17.0 Å². The number of anilines is 1. The van der Waals surface area contributed by atoms with Crippen molar-refractivity contribution in [1.82, 2.24) is 9.80 Å². The fraction of sp³-hybridized carbons (Fsp3) is 0.450. The van der Waals surface area contributed by atoms with E-state index in [2.05, 4.69) is 4.72 Å². The highest BCUT2D eigenvalue weighted by molar-refractivity contribution is 7.92. The molecule has 1 saturated heterocycles. The van der Waals surface area contributed by atoms with Crippen molar-refractivity contribution in [2.45, 2.75) is 38.9 Å². The quantitative estimate of drug-likeness (QED) is 0.593. The maximum absolute atomic E-state index is 12.6. The topological polar surface area (TPSA) is 108 Å². The Morgan fingerprint density at radius 2 is 1.71 bits per heavy atom. The highest BCUT2D eigenvalue weighted by Crippen LogP contribution is 2.36. The summed E-state index contributed by atoms with van der Waals surface area (Å²) in [6, 6.07) is 6.97. The van der Waals surface area contributed by atoms with Gasteiger partial charge in [0, 0.05) is 37.0 Å². The molecule has 1 aromatic rings. The van der Waals surface area contributed by atoms with Crippen molar-refractivity contribution >= 4 is 34.2 Å². The Bertz CT molecular complexity index is 962. The van der Waals surface area contributed by atoms with E-state index in [-0.39, 0.29) is 12.3 Å². The molecule has 168 valence electrons. The van der Waals surface area contributed by atoms with Gasteiger partial charge in [-0.1, -0.05) is 12.1 Å². The standard InChI is InChI=1S/C20H28BN3O6S/c1-19(2)20(3,4)30-21(29-19)16-6-5-7-17(14-16)22-31(27,28)13-12-23-8-10-24(11-9-23)18(26)15-25/h5-11,14,22,25H,12-13,15H2,1-4H3. The molecule has 0 saturated carbocycles. The molecule has 0 bridgehead atoms. The van der Waals surface area contributed by atoms with E-state index in [4.69, 9.17) is 14.4 Å². The van der Waals surface area contributed by atoms with Crippen LogP contribution in [0.4, 0.5) is 5.69 Å². The Balaban J connectivity index is 1.59. The van der Waals surface area contributed by atoms with Gasteiger partial charge in [0.1, 0.15) is 6.61 Å². The fourth-order valence-corrected chi connectivity index (χ4v) is 4.03. The zero-order valence-corrected chi connectivity index (χ0v) is 18.9. The molecule has 0 aromatic heterocycles. The molecular formula is C20H28BN3O6S. The number of aliphatic hydroxyl groups excluding tert-OH is 1. The van der Waals surface area contributed by atoms with Crippen molar-refractivity contribution in [2.75, 3.05) is 23.6 Å². The van der Waals surface area contributed by atoms with Gasteiger partial charge in [-0.15, -0.1) is 0 Å². The maximum atomic E-state index is 12.6. The van der Waals surface area contributed by atoms with Gasteiger partial charge in [-0.05, 0) is 45.3 Å². The number of carbonyl (C=O) groups is 1. The van der Waals surface area contributed by atoms with E-state index in [9.17, 15) is 13.2 Å². The van der Waals surface area contributed by atoms with E-state index >= 15 is 0 Å². The number of hydrogen-bond acceptors (Lipinski definition) is 7. The van der Waals surface area contributed by atoms with Crippen molar-refractivity contribution in [1.29, 1.82) is 0 Å². The maximum Gasteiger partial charge on any atom is 0.494 e. The van der Waals surface area contributed by atoms with E-state index in [1.807, 2.05) is 33.8 Å². The minimum atomic E-state index is -3.62. The zero-order valence-electron chi connectivity index (χ0n) is 18.1. The van der Waals surface area contributed by atoms with Crippen molar-refractivity contribution in [3.05, 3.63) is 49.1 Å². The first-order valence-corrected chi connectivity index (χ1v) is 11.6. The number of sulfonamides is 1. The predicted molar refractivity (Wildman–Crippen MR) is 118 cm³/mol. The van der Waals surface area contributed by atoms with Crippen LogP contribution in [-0.4, -0.2) is 66.5 Å². The second-order valence-electron chi connectivity index (χ2n) is 8.43. The molecular weight excluding hydrogens is 421 g/mol. The Labute approximate surface area is 183 Å². The van der Waals surface area contributed by atoms with Gasteiger partial charge in [0.2, 0.25) is 10.0 Å². The molecule has 0 aliphatic carbocycles. The smallest absolute Gasteiger partial charge is 0.399 e. The Hall–Kier alpha value is -2.34. The van der Waals surface area contributed by atoms with Crippen LogP contribution in [0.15, 0.2) is 49.1 Å². The number of carbonyl (C=O) groups excluding carboxylic acids is 1. The van der Waals surface area contributed by atoms with Gasteiger partial charge in [-0.25, -0.2) is 8.42 Å². The van der Waals surface area contributed by atoms with Gasteiger partial charge in [0.15, 0.2) is 0 Å². The lowest BCUT2D eigenvalue weighted by atomic mass is 9.79. The van der Waals surface area contributed by atoms with Crippen molar-refractivity contribution in [3.63, 3.8) is 0 Å². The molecule has 11 heteroatoms. The van der Waals surface area contributed by atoms with E-state index in [1.54, 1.807) is 35.5 Å². The predicted octanol–water partition coefficient (Wildman–Crippen LogP) is 0.806. The molecule has 0 radical (unpaired) electrons. The van der Waals surface area contributed by atoms with Crippen LogP contribution in [0.5, 0.6) is 0 Å². The average molecular weight is 449 g/mol. The first-order valence-electron chi connectivity index (χ1n) is 9.93. The monoisotopic (exact) mass is 449 g/mol. The summed E-state index contributed by atoms with van der Waals surface area (Å²) in [6.45, 7) is 7.44. The average Bonchev–Trinajstić information content (AvgIpc) is 2.93. The number of amides is 1. The molecule has 2 heterocycles. The number of nitrogens with one attached hydrogen (secondary N) is 1. The zero-order chi connectivity index (χ0) is 22.9. The number of hydrogen-bond donors (Lipinski definition) is 2. The summed E-state index contributed by atoms with van der Waals surface area (Å²) in [5, 5.41) is 8.87. The molecule has 1 amide bonds. The molecule has 31 heavy (non-hydrogen) atoms. The first-order chi connectivity index (χ1) is 14.4.